The van der Waals surface area contributed by atoms with E-state index in [0.29, 0.717) is 6.61 Å². The van der Waals surface area contributed by atoms with Gasteiger partial charge in [0, 0.05) is 23.9 Å². The predicted molar refractivity (Wildman–Crippen MR) is 127 cm³/mol. The predicted octanol–water partition coefficient (Wildman–Crippen LogP) is 5.48. The van der Waals surface area contributed by atoms with E-state index in [0.717, 1.165) is 30.4 Å². The van der Waals surface area contributed by atoms with E-state index in [1.807, 2.05) is 12.1 Å². The third-order valence-electron chi connectivity index (χ3n) is 6.71. The fourth-order valence-electron chi connectivity index (χ4n) is 4.99. The van der Waals surface area contributed by atoms with E-state index in [4.69, 9.17) is 14.2 Å². The summed E-state index contributed by atoms with van der Waals surface area (Å²) in [4.78, 5) is 2.48. The third-order valence-corrected chi connectivity index (χ3v) is 6.71. The Morgan fingerprint density at radius 1 is 0.875 bits per heavy atom. The fourth-order valence-corrected chi connectivity index (χ4v) is 4.99. The summed E-state index contributed by atoms with van der Waals surface area (Å²) >= 11 is 0. The fraction of sp³-hybridized carbons (Fsp3) is 0.357. The van der Waals surface area contributed by atoms with Crippen LogP contribution in [0.1, 0.15) is 41.4 Å². The maximum atomic E-state index is 6.18. The Labute approximate surface area is 190 Å². The Morgan fingerprint density at radius 3 is 2.38 bits per heavy atom. The smallest absolute Gasteiger partial charge is 0.123 e. The summed E-state index contributed by atoms with van der Waals surface area (Å²) in [5, 5.41) is 0. The third kappa shape index (κ3) is 4.46. The van der Waals surface area contributed by atoms with Crippen molar-refractivity contribution in [1.29, 1.82) is 0 Å². The molecule has 0 N–H and O–H groups in total. The molecule has 3 aromatic rings. The molecule has 2 heterocycles. The van der Waals surface area contributed by atoms with Gasteiger partial charge in [-0.1, -0.05) is 42.5 Å². The normalized spacial score (nSPS) is 20.4. The Balaban J connectivity index is 1.40. The molecule has 0 bridgehead atoms. The zero-order valence-corrected chi connectivity index (χ0v) is 18.7. The lowest BCUT2D eigenvalue weighted by molar-refractivity contribution is 0.237. The van der Waals surface area contributed by atoms with Gasteiger partial charge in [0.05, 0.1) is 13.7 Å². The van der Waals surface area contributed by atoms with Crippen molar-refractivity contribution in [3.05, 3.63) is 89.5 Å². The first-order valence-electron chi connectivity index (χ1n) is 11.6. The van der Waals surface area contributed by atoms with Crippen LogP contribution in [0, 0.1) is 0 Å². The minimum Gasteiger partial charge on any atom is -0.497 e. The molecule has 2 atom stereocenters. The van der Waals surface area contributed by atoms with E-state index in [2.05, 4.69) is 65.6 Å². The summed E-state index contributed by atoms with van der Waals surface area (Å²) in [7, 11) is 1.71. The SMILES string of the molecule is COc1ccc2c(c1)[C@@H](c1ccc(OCCN3CCCC3)cc1)[C@@H](c1ccccc1)CO2. The number of benzene rings is 3. The maximum Gasteiger partial charge on any atom is 0.123 e. The second kappa shape index (κ2) is 9.66. The van der Waals surface area contributed by atoms with Gasteiger partial charge in [0.25, 0.3) is 0 Å². The number of fused-ring (bicyclic) bond motifs is 1. The molecule has 166 valence electrons. The van der Waals surface area contributed by atoms with Gasteiger partial charge < -0.3 is 14.2 Å². The molecule has 1 fully saturated rings. The molecule has 4 nitrogen and oxygen atoms in total. The Bertz CT molecular complexity index is 1010. The number of rotatable bonds is 7. The summed E-state index contributed by atoms with van der Waals surface area (Å²) in [6.07, 6.45) is 2.63. The van der Waals surface area contributed by atoms with Crippen molar-refractivity contribution in [2.45, 2.75) is 24.7 Å². The molecule has 0 spiro atoms. The van der Waals surface area contributed by atoms with Gasteiger partial charge in [-0.2, -0.15) is 0 Å². The van der Waals surface area contributed by atoms with Crippen LogP contribution in [0.3, 0.4) is 0 Å². The Kier molecular flexibility index (Phi) is 6.31. The zero-order valence-electron chi connectivity index (χ0n) is 18.7. The summed E-state index contributed by atoms with van der Waals surface area (Å²) in [6, 6.07) is 25.4. The van der Waals surface area contributed by atoms with E-state index in [1.165, 1.54) is 42.6 Å². The van der Waals surface area contributed by atoms with Gasteiger partial charge in [-0.15, -0.1) is 0 Å². The van der Waals surface area contributed by atoms with Gasteiger partial charge in [0.1, 0.15) is 23.9 Å². The van der Waals surface area contributed by atoms with Crippen LogP contribution in [0.25, 0.3) is 0 Å². The van der Waals surface area contributed by atoms with E-state index in [-0.39, 0.29) is 11.8 Å². The van der Waals surface area contributed by atoms with Gasteiger partial charge >= 0.3 is 0 Å². The molecule has 0 unspecified atom stereocenters. The average Bonchev–Trinajstić information content (AvgIpc) is 3.37. The van der Waals surface area contributed by atoms with Crippen LogP contribution in [0.2, 0.25) is 0 Å². The van der Waals surface area contributed by atoms with Crippen LogP contribution >= 0.6 is 0 Å². The molecule has 5 rings (SSSR count). The number of hydrogen-bond donors (Lipinski definition) is 0. The molecule has 2 aliphatic heterocycles. The van der Waals surface area contributed by atoms with Crippen molar-refractivity contribution in [2.24, 2.45) is 0 Å². The van der Waals surface area contributed by atoms with Gasteiger partial charge in [-0.3, -0.25) is 4.90 Å². The number of nitrogens with zero attached hydrogens (tertiary/aromatic N) is 1. The van der Waals surface area contributed by atoms with Crippen LogP contribution in [0.15, 0.2) is 72.8 Å². The molecule has 32 heavy (non-hydrogen) atoms. The molecule has 0 aliphatic carbocycles. The lowest BCUT2D eigenvalue weighted by atomic mass is 9.76. The monoisotopic (exact) mass is 429 g/mol. The van der Waals surface area contributed by atoms with E-state index < -0.39 is 0 Å². The Morgan fingerprint density at radius 2 is 1.62 bits per heavy atom. The van der Waals surface area contributed by atoms with Crippen molar-refractivity contribution < 1.29 is 14.2 Å². The topological polar surface area (TPSA) is 30.9 Å². The highest BCUT2D eigenvalue weighted by molar-refractivity contribution is 5.51. The molecule has 2 aliphatic rings. The van der Waals surface area contributed by atoms with E-state index in [1.54, 1.807) is 7.11 Å². The van der Waals surface area contributed by atoms with E-state index in [9.17, 15) is 0 Å². The highest BCUT2D eigenvalue weighted by Crippen LogP contribution is 2.47. The van der Waals surface area contributed by atoms with Crippen molar-refractivity contribution in [3.8, 4) is 17.2 Å². The van der Waals surface area contributed by atoms with Crippen molar-refractivity contribution in [3.63, 3.8) is 0 Å². The molecular weight excluding hydrogens is 398 g/mol. The zero-order chi connectivity index (χ0) is 21.8. The quantitative estimate of drug-likeness (QED) is 0.498. The largest absolute Gasteiger partial charge is 0.497 e. The maximum absolute atomic E-state index is 6.18. The van der Waals surface area contributed by atoms with Gasteiger partial charge in [0.2, 0.25) is 0 Å². The average molecular weight is 430 g/mol. The molecule has 0 radical (unpaired) electrons. The lowest BCUT2D eigenvalue weighted by Gasteiger charge is -2.34. The molecule has 0 amide bonds. The van der Waals surface area contributed by atoms with Crippen LogP contribution in [0.4, 0.5) is 0 Å². The molecule has 0 aromatic heterocycles. The molecule has 1 saturated heterocycles. The number of hydrogen-bond acceptors (Lipinski definition) is 4. The number of likely N-dealkylation sites (tertiary alicyclic amines) is 1. The summed E-state index contributed by atoms with van der Waals surface area (Å²) in [5.41, 5.74) is 3.73. The minimum absolute atomic E-state index is 0.190. The van der Waals surface area contributed by atoms with Crippen molar-refractivity contribution >= 4 is 0 Å². The molecular formula is C28H31NO3. The van der Waals surface area contributed by atoms with Gasteiger partial charge in [0.15, 0.2) is 0 Å². The summed E-state index contributed by atoms with van der Waals surface area (Å²) in [6.45, 7) is 4.81. The first-order valence-corrected chi connectivity index (χ1v) is 11.6. The number of methoxy groups -OCH3 is 1. The number of ether oxygens (including phenoxy) is 3. The highest BCUT2D eigenvalue weighted by atomic mass is 16.5. The highest BCUT2D eigenvalue weighted by Gasteiger charge is 2.33. The Hall–Kier alpha value is -2.98. The van der Waals surface area contributed by atoms with E-state index >= 15 is 0 Å². The van der Waals surface area contributed by atoms with Crippen molar-refractivity contribution in [2.75, 3.05) is 40.0 Å². The standard InChI is InChI=1S/C28H31NO3/c1-30-24-13-14-27-25(19-24)28(26(20-32-27)21-7-3-2-4-8-21)22-9-11-23(12-10-22)31-18-17-29-15-5-6-16-29/h2-4,7-14,19,26,28H,5-6,15-18,20H2,1H3/t26-,28-/m1/s1. The van der Waals surface area contributed by atoms with Gasteiger partial charge in [-0.05, 0) is 67.4 Å². The second-order valence-electron chi connectivity index (χ2n) is 8.68. The van der Waals surface area contributed by atoms with Crippen LogP contribution in [-0.4, -0.2) is 44.9 Å². The van der Waals surface area contributed by atoms with Crippen molar-refractivity contribution in [1.82, 2.24) is 4.90 Å². The summed E-state index contributed by atoms with van der Waals surface area (Å²) in [5.74, 6) is 3.15. The molecule has 3 aromatic carbocycles. The second-order valence-corrected chi connectivity index (χ2v) is 8.68. The first-order chi connectivity index (χ1) is 15.8. The molecule has 0 saturated carbocycles. The summed E-state index contributed by atoms with van der Waals surface area (Å²) < 4.78 is 17.8. The van der Waals surface area contributed by atoms with Crippen LogP contribution in [0.5, 0.6) is 17.2 Å². The molecule has 4 heteroatoms. The first kappa shape index (κ1) is 20.9. The van der Waals surface area contributed by atoms with Gasteiger partial charge in [-0.25, -0.2) is 0 Å². The minimum atomic E-state index is 0.190. The lowest BCUT2D eigenvalue weighted by Crippen LogP contribution is -2.25. The van der Waals surface area contributed by atoms with Crippen LogP contribution in [-0.2, 0) is 0 Å². The van der Waals surface area contributed by atoms with Crippen LogP contribution < -0.4 is 14.2 Å².